The Kier molecular flexibility index (Phi) is 3.15. The van der Waals surface area contributed by atoms with E-state index in [1.54, 1.807) is 13.8 Å². The number of nitrogens with two attached hydrogens (primary N) is 1. The molecule has 4 nitrogen and oxygen atoms in total. The second-order valence-electron chi connectivity index (χ2n) is 6.07. The molecule has 1 aliphatic rings. The first-order chi connectivity index (χ1) is 9.49. The highest BCUT2D eigenvalue weighted by Gasteiger charge is 2.31. The lowest BCUT2D eigenvalue weighted by atomic mass is 10.1. The number of hydrogen-bond donors (Lipinski definition) is 2. The highest BCUT2D eigenvalue weighted by atomic mass is 16.3. The Balaban J connectivity index is 2.04. The zero-order chi connectivity index (χ0) is 14.3. The first kappa shape index (κ1) is 13.3. The van der Waals surface area contributed by atoms with Gasteiger partial charge in [0, 0.05) is 18.2 Å². The minimum atomic E-state index is -0.911. The maximum Gasteiger partial charge on any atom is 0.103 e. The number of benzene rings is 1. The average molecular weight is 271 g/mol. The van der Waals surface area contributed by atoms with Gasteiger partial charge < -0.3 is 10.8 Å². The molecule has 0 bridgehead atoms. The third-order valence-electron chi connectivity index (χ3n) is 3.78. The van der Waals surface area contributed by atoms with Crippen molar-refractivity contribution in [3.05, 3.63) is 47.3 Å². The molecule has 106 valence electrons. The molecule has 0 amide bonds. The van der Waals surface area contributed by atoms with Crippen molar-refractivity contribution in [2.45, 2.75) is 44.8 Å². The normalized spacial score (nSPS) is 15.6. The molecule has 0 radical (unpaired) electrons. The molecule has 1 aromatic heterocycles. The van der Waals surface area contributed by atoms with Gasteiger partial charge in [-0.2, -0.15) is 5.10 Å². The smallest absolute Gasteiger partial charge is 0.103 e. The molecule has 3 rings (SSSR count). The fourth-order valence-corrected chi connectivity index (χ4v) is 2.34. The lowest BCUT2D eigenvalue weighted by Gasteiger charge is -2.13. The van der Waals surface area contributed by atoms with E-state index in [0.717, 1.165) is 16.9 Å². The van der Waals surface area contributed by atoms with Gasteiger partial charge in [-0.3, -0.25) is 0 Å². The molecule has 1 heterocycles. The average Bonchev–Trinajstić information content (AvgIpc) is 3.16. The van der Waals surface area contributed by atoms with Gasteiger partial charge in [-0.05, 0) is 50.5 Å². The van der Waals surface area contributed by atoms with Crippen LogP contribution in [0.5, 0.6) is 0 Å². The lowest BCUT2D eigenvalue weighted by Crippen LogP contribution is -2.16. The molecular formula is C16H21N3O. The third kappa shape index (κ3) is 2.49. The Morgan fingerprint density at radius 2 is 1.95 bits per heavy atom. The summed E-state index contributed by atoms with van der Waals surface area (Å²) in [7, 11) is 0. The standard InChI is InChI=1S/C16H21N3O/c1-16(2,20)15-9-14(12-5-6-12)19(18-15)13-7-3-11(10-17)4-8-13/h3-4,7-9,12,20H,5-6,10,17H2,1-2H3. The predicted octanol–water partition coefficient (Wildman–Crippen LogP) is 2.44. The van der Waals surface area contributed by atoms with Gasteiger partial charge in [-0.25, -0.2) is 4.68 Å². The lowest BCUT2D eigenvalue weighted by molar-refractivity contribution is 0.0734. The largest absolute Gasteiger partial charge is 0.384 e. The van der Waals surface area contributed by atoms with Crippen LogP contribution in [0, 0.1) is 0 Å². The Bertz CT molecular complexity index is 604. The van der Waals surface area contributed by atoms with E-state index in [-0.39, 0.29) is 0 Å². The van der Waals surface area contributed by atoms with Crippen LogP contribution in [0.15, 0.2) is 30.3 Å². The van der Waals surface area contributed by atoms with E-state index in [1.807, 2.05) is 35.0 Å². The first-order valence-corrected chi connectivity index (χ1v) is 7.11. The summed E-state index contributed by atoms with van der Waals surface area (Å²) in [5.41, 5.74) is 8.78. The number of aromatic nitrogens is 2. The van der Waals surface area contributed by atoms with Gasteiger partial charge in [0.25, 0.3) is 0 Å². The van der Waals surface area contributed by atoms with Gasteiger partial charge in [-0.1, -0.05) is 12.1 Å². The minimum absolute atomic E-state index is 0.545. The van der Waals surface area contributed by atoms with Crippen molar-refractivity contribution in [2.24, 2.45) is 5.73 Å². The molecule has 1 saturated carbocycles. The van der Waals surface area contributed by atoms with E-state index in [2.05, 4.69) is 5.10 Å². The Morgan fingerprint density at radius 3 is 2.45 bits per heavy atom. The van der Waals surface area contributed by atoms with Crippen LogP contribution in [0.3, 0.4) is 0 Å². The van der Waals surface area contributed by atoms with Crippen molar-refractivity contribution in [3.63, 3.8) is 0 Å². The highest BCUT2D eigenvalue weighted by Crippen LogP contribution is 2.42. The number of nitrogens with zero attached hydrogens (tertiary/aromatic N) is 2. The quantitative estimate of drug-likeness (QED) is 0.897. The Hall–Kier alpha value is -1.65. The van der Waals surface area contributed by atoms with Gasteiger partial charge in [0.05, 0.1) is 11.4 Å². The zero-order valence-corrected chi connectivity index (χ0v) is 12.0. The number of aliphatic hydroxyl groups is 1. The summed E-state index contributed by atoms with van der Waals surface area (Å²) in [5.74, 6) is 0.577. The van der Waals surface area contributed by atoms with Crippen LogP contribution in [0.25, 0.3) is 5.69 Å². The molecule has 20 heavy (non-hydrogen) atoms. The van der Waals surface area contributed by atoms with Crippen molar-refractivity contribution in [1.82, 2.24) is 9.78 Å². The fourth-order valence-electron chi connectivity index (χ4n) is 2.34. The summed E-state index contributed by atoms with van der Waals surface area (Å²) in [6.45, 7) is 4.09. The summed E-state index contributed by atoms with van der Waals surface area (Å²) < 4.78 is 1.96. The summed E-state index contributed by atoms with van der Waals surface area (Å²) in [6.07, 6.45) is 2.41. The van der Waals surface area contributed by atoms with E-state index in [1.165, 1.54) is 18.5 Å². The van der Waals surface area contributed by atoms with Crippen LogP contribution in [0.4, 0.5) is 0 Å². The highest BCUT2D eigenvalue weighted by molar-refractivity contribution is 5.38. The summed E-state index contributed by atoms with van der Waals surface area (Å²) in [6, 6.07) is 10.2. The van der Waals surface area contributed by atoms with Crippen LogP contribution < -0.4 is 5.73 Å². The molecule has 0 unspecified atom stereocenters. The molecule has 0 aliphatic heterocycles. The van der Waals surface area contributed by atoms with E-state index in [0.29, 0.717) is 12.5 Å². The molecule has 0 saturated heterocycles. The van der Waals surface area contributed by atoms with Crippen molar-refractivity contribution in [3.8, 4) is 5.69 Å². The van der Waals surface area contributed by atoms with Gasteiger partial charge >= 0.3 is 0 Å². The van der Waals surface area contributed by atoms with E-state index < -0.39 is 5.60 Å². The van der Waals surface area contributed by atoms with Gasteiger partial charge in [0.2, 0.25) is 0 Å². The van der Waals surface area contributed by atoms with Crippen molar-refractivity contribution >= 4 is 0 Å². The second kappa shape index (κ2) is 4.72. The number of rotatable bonds is 4. The molecule has 3 N–H and O–H groups in total. The molecule has 2 aromatic rings. The topological polar surface area (TPSA) is 64.1 Å². The summed E-state index contributed by atoms with van der Waals surface area (Å²) >= 11 is 0. The fraction of sp³-hybridized carbons (Fsp3) is 0.438. The molecule has 1 aromatic carbocycles. The van der Waals surface area contributed by atoms with Crippen molar-refractivity contribution in [2.75, 3.05) is 0 Å². The van der Waals surface area contributed by atoms with E-state index in [4.69, 9.17) is 5.73 Å². The molecule has 1 aliphatic carbocycles. The Morgan fingerprint density at radius 1 is 1.30 bits per heavy atom. The maximum absolute atomic E-state index is 10.2. The van der Waals surface area contributed by atoms with Crippen LogP contribution in [0.2, 0.25) is 0 Å². The summed E-state index contributed by atoms with van der Waals surface area (Å²) in [5, 5.41) is 14.8. The van der Waals surface area contributed by atoms with Gasteiger partial charge in [0.15, 0.2) is 0 Å². The van der Waals surface area contributed by atoms with Crippen LogP contribution in [-0.4, -0.2) is 14.9 Å². The zero-order valence-electron chi connectivity index (χ0n) is 12.0. The Labute approximate surface area is 119 Å². The molecule has 1 fully saturated rings. The molecule has 0 spiro atoms. The van der Waals surface area contributed by atoms with Gasteiger partial charge in [0.1, 0.15) is 5.60 Å². The minimum Gasteiger partial charge on any atom is -0.384 e. The first-order valence-electron chi connectivity index (χ1n) is 7.11. The third-order valence-corrected chi connectivity index (χ3v) is 3.78. The van der Waals surface area contributed by atoms with E-state index >= 15 is 0 Å². The summed E-state index contributed by atoms with van der Waals surface area (Å²) in [4.78, 5) is 0. The second-order valence-corrected chi connectivity index (χ2v) is 6.07. The van der Waals surface area contributed by atoms with Gasteiger partial charge in [-0.15, -0.1) is 0 Å². The molecule has 0 atom stereocenters. The molecular weight excluding hydrogens is 250 g/mol. The monoisotopic (exact) mass is 271 g/mol. The van der Waals surface area contributed by atoms with Crippen molar-refractivity contribution < 1.29 is 5.11 Å². The number of hydrogen-bond acceptors (Lipinski definition) is 3. The SMILES string of the molecule is CC(C)(O)c1cc(C2CC2)n(-c2ccc(CN)cc2)n1. The van der Waals surface area contributed by atoms with E-state index in [9.17, 15) is 5.11 Å². The maximum atomic E-state index is 10.2. The van der Waals surface area contributed by atoms with Crippen molar-refractivity contribution in [1.29, 1.82) is 0 Å². The molecule has 4 heteroatoms. The van der Waals surface area contributed by atoms with Crippen LogP contribution in [-0.2, 0) is 12.1 Å². The predicted molar refractivity (Wildman–Crippen MR) is 78.7 cm³/mol. The van der Waals surface area contributed by atoms with Crippen LogP contribution >= 0.6 is 0 Å². The van der Waals surface area contributed by atoms with Crippen LogP contribution in [0.1, 0.15) is 49.6 Å².